The number of allylic oxidation sites excluding steroid dienone is 3. The van der Waals surface area contributed by atoms with Crippen LogP contribution in [0.4, 0.5) is 0 Å². The van der Waals surface area contributed by atoms with E-state index in [1.165, 1.54) is 5.57 Å². The first-order chi connectivity index (χ1) is 4.70. The van der Waals surface area contributed by atoms with Gasteiger partial charge in [0.05, 0.1) is 0 Å². The zero-order valence-corrected chi connectivity index (χ0v) is 7.28. The number of rotatable bonds is 4. The Kier molecular flexibility index (Phi) is 5.00. The normalized spacial score (nSPS) is 14.9. The molecule has 1 unspecified atom stereocenters. The summed E-state index contributed by atoms with van der Waals surface area (Å²) in [5, 5.41) is 0. The van der Waals surface area contributed by atoms with E-state index in [4.69, 9.17) is 0 Å². The zero-order chi connectivity index (χ0) is 7.98. The van der Waals surface area contributed by atoms with Gasteiger partial charge < -0.3 is 0 Å². The van der Waals surface area contributed by atoms with E-state index in [-0.39, 0.29) is 0 Å². The Labute approximate surface area is 64.6 Å². The molecule has 1 radical (unpaired) electrons. The standard InChI is InChI=1S/C10H17/c1-5-7-10(4)8-9(3)6-2/h5,10H,1,7-8H2,2-4H3. The molecule has 0 aromatic carbocycles. The minimum Gasteiger partial charge on any atom is -0.103 e. The molecule has 0 N–H and O–H groups in total. The monoisotopic (exact) mass is 137 g/mol. The highest BCUT2D eigenvalue weighted by Gasteiger charge is 1.98. The molecule has 0 nitrogen and oxygen atoms in total. The molecule has 0 aromatic heterocycles. The van der Waals surface area contributed by atoms with Crippen molar-refractivity contribution in [3.8, 4) is 0 Å². The Morgan fingerprint density at radius 3 is 2.70 bits per heavy atom. The molecule has 0 aliphatic heterocycles. The van der Waals surface area contributed by atoms with Crippen LogP contribution in [-0.2, 0) is 0 Å². The lowest BCUT2D eigenvalue weighted by Crippen LogP contribution is -1.92. The summed E-state index contributed by atoms with van der Waals surface area (Å²) in [6.45, 7) is 10.0. The molecular formula is C10H17. The summed E-state index contributed by atoms with van der Waals surface area (Å²) >= 11 is 0. The summed E-state index contributed by atoms with van der Waals surface area (Å²) in [7, 11) is 0. The summed E-state index contributed by atoms with van der Waals surface area (Å²) in [6, 6.07) is 0. The molecule has 0 fully saturated rings. The predicted molar refractivity (Wildman–Crippen MR) is 46.7 cm³/mol. The lowest BCUT2D eigenvalue weighted by atomic mass is 9.99. The van der Waals surface area contributed by atoms with Gasteiger partial charge in [0.25, 0.3) is 0 Å². The van der Waals surface area contributed by atoms with Crippen molar-refractivity contribution in [2.24, 2.45) is 5.92 Å². The third-order valence-corrected chi connectivity index (χ3v) is 1.65. The van der Waals surface area contributed by atoms with Crippen LogP contribution in [0, 0.1) is 12.0 Å². The Balaban J connectivity index is 3.56. The Morgan fingerprint density at radius 2 is 2.30 bits per heavy atom. The average Bonchev–Trinajstić information content (AvgIpc) is 1.88. The maximum Gasteiger partial charge on any atom is -0.0288 e. The van der Waals surface area contributed by atoms with Crippen molar-refractivity contribution in [2.75, 3.05) is 0 Å². The SMILES string of the molecule is C=CCC(C)CC(C)=[C]C. The lowest BCUT2D eigenvalue weighted by Gasteiger charge is -2.07. The molecule has 0 heteroatoms. The average molecular weight is 137 g/mol. The van der Waals surface area contributed by atoms with E-state index in [0.29, 0.717) is 0 Å². The van der Waals surface area contributed by atoms with E-state index in [9.17, 15) is 0 Å². The number of hydrogen-bond acceptors (Lipinski definition) is 0. The van der Waals surface area contributed by atoms with Gasteiger partial charge >= 0.3 is 0 Å². The Bertz CT molecular complexity index is 120. The topological polar surface area (TPSA) is 0 Å². The highest BCUT2D eigenvalue weighted by Crippen LogP contribution is 2.13. The molecule has 0 aromatic rings. The van der Waals surface area contributed by atoms with E-state index in [1.807, 2.05) is 13.0 Å². The quantitative estimate of drug-likeness (QED) is 0.521. The zero-order valence-electron chi connectivity index (χ0n) is 7.28. The molecule has 0 bridgehead atoms. The smallest absolute Gasteiger partial charge is 0.0288 e. The first kappa shape index (κ1) is 9.48. The molecule has 0 aliphatic rings. The van der Waals surface area contributed by atoms with E-state index < -0.39 is 0 Å². The molecule has 0 amide bonds. The molecule has 57 valence electrons. The minimum atomic E-state index is 0.727. The Hall–Kier alpha value is -0.520. The third kappa shape index (κ3) is 4.37. The molecule has 0 spiro atoms. The van der Waals surface area contributed by atoms with Gasteiger partial charge in [-0.05, 0) is 38.7 Å². The fraction of sp³-hybridized carbons (Fsp3) is 0.600. The van der Waals surface area contributed by atoms with Crippen LogP contribution in [0.25, 0.3) is 0 Å². The molecule has 0 rings (SSSR count). The van der Waals surface area contributed by atoms with Gasteiger partial charge in [-0.2, -0.15) is 0 Å². The van der Waals surface area contributed by atoms with Crippen molar-refractivity contribution in [2.45, 2.75) is 33.6 Å². The minimum absolute atomic E-state index is 0.727. The first-order valence-corrected chi connectivity index (χ1v) is 3.81. The summed E-state index contributed by atoms with van der Waals surface area (Å²) in [6.07, 6.45) is 7.38. The van der Waals surface area contributed by atoms with Crippen LogP contribution in [0.15, 0.2) is 18.2 Å². The molecular weight excluding hydrogens is 120 g/mol. The van der Waals surface area contributed by atoms with Gasteiger partial charge in [0.1, 0.15) is 0 Å². The summed E-state index contributed by atoms with van der Waals surface area (Å²) < 4.78 is 0. The van der Waals surface area contributed by atoms with Crippen LogP contribution in [0.5, 0.6) is 0 Å². The third-order valence-electron chi connectivity index (χ3n) is 1.65. The summed E-state index contributed by atoms with van der Waals surface area (Å²) in [5.74, 6) is 0.727. The van der Waals surface area contributed by atoms with Crippen molar-refractivity contribution in [1.29, 1.82) is 0 Å². The fourth-order valence-corrected chi connectivity index (χ4v) is 0.993. The van der Waals surface area contributed by atoms with Crippen LogP contribution in [0.2, 0.25) is 0 Å². The number of hydrogen-bond donors (Lipinski definition) is 0. The molecule has 0 heterocycles. The van der Waals surface area contributed by atoms with Gasteiger partial charge in [-0.25, -0.2) is 0 Å². The van der Waals surface area contributed by atoms with Crippen molar-refractivity contribution in [3.05, 3.63) is 24.3 Å². The van der Waals surface area contributed by atoms with E-state index in [0.717, 1.165) is 18.8 Å². The second kappa shape index (κ2) is 5.28. The Morgan fingerprint density at radius 1 is 1.70 bits per heavy atom. The predicted octanol–water partition coefficient (Wildman–Crippen LogP) is 3.36. The van der Waals surface area contributed by atoms with Gasteiger partial charge in [-0.1, -0.05) is 18.6 Å². The van der Waals surface area contributed by atoms with E-state index in [2.05, 4.69) is 26.5 Å². The molecule has 0 saturated carbocycles. The second-order valence-corrected chi connectivity index (χ2v) is 2.86. The molecule has 0 saturated heterocycles. The van der Waals surface area contributed by atoms with Crippen LogP contribution in [0.3, 0.4) is 0 Å². The van der Waals surface area contributed by atoms with E-state index >= 15 is 0 Å². The summed E-state index contributed by atoms with van der Waals surface area (Å²) in [4.78, 5) is 0. The van der Waals surface area contributed by atoms with Gasteiger partial charge in [0.2, 0.25) is 0 Å². The van der Waals surface area contributed by atoms with Crippen molar-refractivity contribution >= 4 is 0 Å². The van der Waals surface area contributed by atoms with Crippen molar-refractivity contribution in [1.82, 2.24) is 0 Å². The van der Waals surface area contributed by atoms with Gasteiger partial charge in [-0.15, -0.1) is 6.58 Å². The largest absolute Gasteiger partial charge is 0.103 e. The summed E-state index contributed by atoms with van der Waals surface area (Å²) in [5.41, 5.74) is 1.36. The van der Waals surface area contributed by atoms with Crippen LogP contribution in [0.1, 0.15) is 33.6 Å². The van der Waals surface area contributed by atoms with Crippen LogP contribution < -0.4 is 0 Å². The highest BCUT2D eigenvalue weighted by molar-refractivity contribution is 4.92. The maximum absolute atomic E-state index is 3.70. The molecule has 10 heavy (non-hydrogen) atoms. The van der Waals surface area contributed by atoms with Gasteiger partial charge in [-0.3, -0.25) is 0 Å². The first-order valence-electron chi connectivity index (χ1n) is 3.81. The molecule has 1 atom stereocenters. The van der Waals surface area contributed by atoms with Crippen LogP contribution in [-0.4, -0.2) is 0 Å². The van der Waals surface area contributed by atoms with Crippen molar-refractivity contribution < 1.29 is 0 Å². The van der Waals surface area contributed by atoms with Gasteiger partial charge in [0, 0.05) is 0 Å². The highest BCUT2D eigenvalue weighted by atomic mass is 14.0. The van der Waals surface area contributed by atoms with Crippen LogP contribution >= 0.6 is 0 Å². The second-order valence-electron chi connectivity index (χ2n) is 2.86. The molecule has 0 aliphatic carbocycles. The maximum atomic E-state index is 3.70. The van der Waals surface area contributed by atoms with Gasteiger partial charge in [0.15, 0.2) is 0 Å². The van der Waals surface area contributed by atoms with Crippen molar-refractivity contribution in [3.63, 3.8) is 0 Å². The lowest BCUT2D eigenvalue weighted by molar-refractivity contribution is 0.585. The van der Waals surface area contributed by atoms with E-state index in [1.54, 1.807) is 0 Å². The fourth-order valence-electron chi connectivity index (χ4n) is 0.993.